The third kappa shape index (κ3) is 6.01. The standard InChI is InChI=1S/C22H31FN2O2.C9H7NO2/c1-27-19-11-8-17(20(23)13-19)14-24(18-9-10-18)15-22(26)25-12-4-6-16-5-2-3-7-21(16)25;1-10-8(11)6-4-2-3-5-7(6)9(10)12/h8,11,13,16,18,21H,2-7,9-10,12,14-15H2,1H3;2-5H,1H3. The van der Waals surface area contributed by atoms with Crippen LogP contribution in [0.4, 0.5) is 4.39 Å². The van der Waals surface area contributed by atoms with Gasteiger partial charge in [-0.3, -0.25) is 24.2 Å². The summed E-state index contributed by atoms with van der Waals surface area (Å²) in [4.78, 5) is 41.2. The molecule has 3 fully saturated rings. The molecule has 0 N–H and O–H groups in total. The van der Waals surface area contributed by atoms with Crippen LogP contribution in [0.2, 0.25) is 0 Å². The number of halogens is 1. The molecule has 0 radical (unpaired) electrons. The third-order valence-corrected chi connectivity index (χ3v) is 8.60. The molecule has 1 saturated heterocycles. The molecule has 208 valence electrons. The highest BCUT2D eigenvalue weighted by atomic mass is 19.1. The molecule has 2 aromatic carbocycles. The molecule has 0 bridgehead atoms. The molecule has 6 rings (SSSR count). The molecular formula is C31H38FN3O4. The fraction of sp³-hybridized carbons (Fsp3) is 0.516. The summed E-state index contributed by atoms with van der Waals surface area (Å²) in [5, 5.41) is 0. The second kappa shape index (κ2) is 11.9. The zero-order valence-electron chi connectivity index (χ0n) is 22.9. The Labute approximate surface area is 229 Å². The molecule has 2 unspecified atom stereocenters. The van der Waals surface area contributed by atoms with Crippen molar-refractivity contribution < 1.29 is 23.5 Å². The number of nitrogens with zero attached hydrogens (tertiary/aromatic N) is 3. The average molecular weight is 536 g/mol. The Morgan fingerprint density at radius 3 is 2.28 bits per heavy atom. The molecule has 3 amide bonds. The predicted octanol–water partition coefficient (Wildman–Crippen LogP) is 4.89. The van der Waals surface area contributed by atoms with Gasteiger partial charge in [-0.05, 0) is 62.6 Å². The number of piperidine rings is 1. The minimum Gasteiger partial charge on any atom is -0.497 e. The first-order valence-electron chi connectivity index (χ1n) is 14.1. The molecule has 0 spiro atoms. The summed E-state index contributed by atoms with van der Waals surface area (Å²) < 4.78 is 19.5. The Balaban J connectivity index is 0.000000214. The van der Waals surface area contributed by atoms with Crippen LogP contribution >= 0.6 is 0 Å². The van der Waals surface area contributed by atoms with Gasteiger partial charge >= 0.3 is 0 Å². The lowest BCUT2D eigenvalue weighted by atomic mass is 9.78. The van der Waals surface area contributed by atoms with E-state index in [1.54, 1.807) is 43.5 Å². The van der Waals surface area contributed by atoms with Crippen LogP contribution in [-0.4, -0.2) is 71.8 Å². The monoisotopic (exact) mass is 535 g/mol. The summed E-state index contributed by atoms with van der Waals surface area (Å²) in [5.74, 6) is 0.795. The first-order valence-corrected chi connectivity index (χ1v) is 14.1. The number of hydrogen-bond acceptors (Lipinski definition) is 5. The lowest BCUT2D eigenvalue weighted by Crippen LogP contribution is -2.52. The number of imide groups is 1. The maximum Gasteiger partial charge on any atom is 0.261 e. The summed E-state index contributed by atoms with van der Waals surface area (Å²) in [7, 11) is 3.03. The van der Waals surface area contributed by atoms with Gasteiger partial charge in [0, 0.05) is 43.9 Å². The number of benzene rings is 2. The van der Waals surface area contributed by atoms with Crippen molar-refractivity contribution >= 4 is 17.7 Å². The van der Waals surface area contributed by atoms with Gasteiger partial charge in [-0.15, -0.1) is 0 Å². The fourth-order valence-electron chi connectivity index (χ4n) is 6.26. The lowest BCUT2D eigenvalue weighted by Gasteiger charge is -2.44. The number of fused-ring (bicyclic) bond motifs is 2. The minimum absolute atomic E-state index is 0.212. The second-order valence-corrected chi connectivity index (χ2v) is 11.1. The van der Waals surface area contributed by atoms with E-state index in [-0.39, 0.29) is 23.5 Å². The van der Waals surface area contributed by atoms with E-state index in [0.717, 1.165) is 37.1 Å². The summed E-state index contributed by atoms with van der Waals surface area (Å²) in [6.07, 6.45) is 9.61. The molecule has 7 nitrogen and oxygen atoms in total. The Kier molecular flexibility index (Phi) is 8.31. The molecule has 2 aliphatic carbocycles. The number of hydrogen-bond donors (Lipinski definition) is 0. The van der Waals surface area contributed by atoms with Crippen molar-refractivity contribution in [3.63, 3.8) is 0 Å². The maximum absolute atomic E-state index is 14.4. The highest BCUT2D eigenvalue weighted by Gasteiger charge is 2.38. The summed E-state index contributed by atoms with van der Waals surface area (Å²) >= 11 is 0. The van der Waals surface area contributed by atoms with E-state index in [4.69, 9.17) is 4.74 Å². The zero-order chi connectivity index (χ0) is 27.5. The molecule has 2 aliphatic heterocycles. The van der Waals surface area contributed by atoms with E-state index < -0.39 is 0 Å². The summed E-state index contributed by atoms with van der Waals surface area (Å²) in [6.45, 7) is 1.81. The first-order chi connectivity index (χ1) is 18.9. The average Bonchev–Trinajstić information content (AvgIpc) is 3.79. The van der Waals surface area contributed by atoms with Gasteiger partial charge in [-0.1, -0.05) is 31.0 Å². The molecule has 2 saturated carbocycles. The van der Waals surface area contributed by atoms with Gasteiger partial charge in [0.05, 0.1) is 24.8 Å². The van der Waals surface area contributed by atoms with Crippen molar-refractivity contribution in [2.24, 2.45) is 5.92 Å². The molecule has 2 atom stereocenters. The quantitative estimate of drug-likeness (QED) is 0.493. The molecule has 2 heterocycles. The van der Waals surface area contributed by atoms with Gasteiger partial charge < -0.3 is 9.64 Å². The van der Waals surface area contributed by atoms with Crippen molar-refractivity contribution in [1.29, 1.82) is 0 Å². The van der Waals surface area contributed by atoms with E-state index >= 15 is 0 Å². The van der Waals surface area contributed by atoms with Crippen LogP contribution in [0.25, 0.3) is 0 Å². The summed E-state index contributed by atoms with van der Waals surface area (Å²) in [6, 6.07) is 12.7. The van der Waals surface area contributed by atoms with Crippen molar-refractivity contribution in [2.75, 3.05) is 27.2 Å². The van der Waals surface area contributed by atoms with Gasteiger partial charge in [-0.2, -0.15) is 0 Å². The minimum atomic E-state index is -0.252. The van der Waals surface area contributed by atoms with E-state index in [2.05, 4.69) is 9.80 Å². The predicted molar refractivity (Wildman–Crippen MR) is 146 cm³/mol. The van der Waals surface area contributed by atoms with Crippen LogP contribution in [-0.2, 0) is 11.3 Å². The number of amides is 3. The Morgan fingerprint density at radius 1 is 0.974 bits per heavy atom. The van der Waals surface area contributed by atoms with E-state index in [1.165, 1.54) is 38.8 Å². The van der Waals surface area contributed by atoms with Gasteiger partial charge in [0.1, 0.15) is 11.6 Å². The van der Waals surface area contributed by atoms with Crippen LogP contribution in [0.3, 0.4) is 0 Å². The topological polar surface area (TPSA) is 70.2 Å². The number of likely N-dealkylation sites (tertiary alicyclic amines) is 1. The highest BCUT2D eigenvalue weighted by molar-refractivity contribution is 6.21. The van der Waals surface area contributed by atoms with Crippen molar-refractivity contribution in [1.82, 2.24) is 14.7 Å². The molecule has 8 heteroatoms. The fourth-order valence-corrected chi connectivity index (χ4v) is 6.26. The van der Waals surface area contributed by atoms with Gasteiger partial charge in [0.25, 0.3) is 11.8 Å². The molecule has 2 aromatic rings. The smallest absolute Gasteiger partial charge is 0.261 e. The lowest BCUT2D eigenvalue weighted by molar-refractivity contribution is -0.139. The van der Waals surface area contributed by atoms with Crippen LogP contribution in [0, 0.1) is 11.7 Å². The van der Waals surface area contributed by atoms with Crippen LogP contribution in [0.15, 0.2) is 42.5 Å². The van der Waals surface area contributed by atoms with Crippen molar-refractivity contribution in [2.45, 2.75) is 70.0 Å². The van der Waals surface area contributed by atoms with Crippen LogP contribution in [0.1, 0.15) is 77.6 Å². The third-order valence-electron chi connectivity index (χ3n) is 8.60. The van der Waals surface area contributed by atoms with Gasteiger partial charge in [-0.25, -0.2) is 4.39 Å². The maximum atomic E-state index is 14.4. The van der Waals surface area contributed by atoms with E-state index in [1.807, 2.05) is 0 Å². The number of ether oxygens (including phenoxy) is 1. The van der Waals surface area contributed by atoms with Crippen molar-refractivity contribution in [3.05, 3.63) is 65.0 Å². The van der Waals surface area contributed by atoms with Crippen LogP contribution < -0.4 is 4.74 Å². The Morgan fingerprint density at radius 2 is 1.64 bits per heavy atom. The first kappa shape index (κ1) is 27.3. The molecule has 4 aliphatic rings. The second-order valence-electron chi connectivity index (χ2n) is 11.1. The molecular weight excluding hydrogens is 497 g/mol. The summed E-state index contributed by atoms with van der Waals surface area (Å²) in [5.41, 5.74) is 1.65. The number of rotatable bonds is 6. The Bertz CT molecular complexity index is 1190. The Hall–Kier alpha value is -3.26. The number of carbonyl (C=O) groups excluding carboxylic acids is 3. The van der Waals surface area contributed by atoms with Gasteiger partial charge in [0.2, 0.25) is 5.91 Å². The molecule has 39 heavy (non-hydrogen) atoms. The largest absolute Gasteiger partial charge is 0.497 e. The zero-order valence-corrected chi connectivity index (χ0v) is 22.9. The van der Waals surface area contributed by atoms with E-state index in [0.29, 0.717) is 53.5 Å². The van der Waals surface area contributed by atoms with E-state index in [9.17, 15) is 18.8 Å². The highest BCUT2D eigenvalue weighted by Crippen LogP contribution is 2.36. The SMILES string of the molecule is CN1C(=O)c2ccccc2C1=O.COc1ccc(CN(CC(=O)N2CCCC3CCCCC32)C2CC2)c(F)c1. The number of carbonyl (C=O) groups is 3. The number of methoxy groups -OCH3 is 1. The van der Waals surface area contributed by atoms with Crippen LogP contribution in [0.5, 0.6) is 5.75 Å². The normalized spacial score (nSPS) is 22.3. The van der Waals surface area contributed by atoms with Gasteiger partial charge in [0.15, 0.2) is 0 Å². The molecule has 0 aromatic heterocycles. The van der Waals surface area contributed by atoms with Crippen molar-refractivity contribution in [3.8, 4) is 5.75 Å².